The van der Waals surface area contributed by atoms with Crippen molar-refractivity contribution in [2.45, 2.75) is 25.8 Å². The van der Waals surface area contributed by atoms with Gasteiger partial charge in [0.15, 0.2) is 0 Å². The highest BCUT2D eigenvalue weighted by Crippen LogP contribution is 1.98. The molecule has 0 aromatic carbocycles. The summed E-state index contributed by atoms with van der Waals surface area (Å²) in [6.07, 6.45) is 4.21. The molecule has 0 saturated heterocycles. The molecule has 0 fully saturated rings. The van der Waals surface area contributed by atoms with E-state index in [0.717, 1.165) is 6.42 Å². The second-order valence-electron chi connectivity index (χ2n) is 1.78. The Morgan fingerprint density at radius 2 is 2.86 bits per heavy atom. The average Bonchev–Trinajstić information content (AvgIpc) is 2.14. The molecule has 0 aromatic heterocycles. The van der Waals surface area contributed by atoms with Crippen LogP contribution in [-0.2, 0) is 0 Å². The van der Waals surface area contributed by atoms with Gasteiger partial charge in [0.25, 0.3) is 0 Å². The van der Waals surface area contributed by atoms with E-state index in [1.807, 2.05) is 6.21 Å². The zero-order valence-corrected chi connectivity index (χ0v) is 4.52. The van der Waals surface area contributed by atoms with Gasteiger partial charge in [-0.05, 0) is 6.42 Å². The first-order valence-corrected chi connectivity index (χ1v) is 2.70. The van der Waals surface area contributed by atoms with E-state index in [-0.39, 0.29) is 0 Å². The van der Waals surface area contributed by atoms with Crippen LogP contribution in [0.3, 0.4) is 0 Å². The van der Waals surface area contributed by atoms with Gasteiger partial charge in [0.2, 0.25) is 0 Å². The van der Waals surface area contributed by atoms with Gasteiger partial charge in [0.1, 0.15) is 0 Å². The molecule has 1 N–H and O–H groups in total. The van der Waals surface area contributed by atoms with E-state index in [4.69, 9.17) is 0 Å². The molecule has 0 radical (unpaired) electrons. The van der Waals surface area contributed by atoms with Crippen LogP contribution in [0.4, 0.5) is 0 Å². The predicted molar refractivity (Wildman–Crippen MR) is 30.3 cm³/mol. The predicted octanol–water partition coefficient (Wildman–Crippen LogP) is 0.744. The molecule has 1 rings (SSSR count). The summed E-state index contributed by atoms with van der Waals surface area (Å²) in [6.45, 7) is 2.16. The van der Waals surface area contributed by atoms with Gasteiger partial charge >= 0.3 is 0 Å². The number of rotatable bonds is 1. The van der Waals surface area contributed by atoms with Crippen molar-refractivity contribution in [2.24, 2.45) is 5.10 Å². The number of hydrogen-bond donors (Lipinski definition) is 1. The molecule has 1 aliphatic heterocycles. The van der Waals surface area contributed by atoms with Crippen molar-refractivity contribution in [2.75, 3.05) is 0 Å². The first kappa shape index (κ1) is 4.62. The minimum Gasteiger partial charge on any atom is -0.307 e. The summed E-state index contributed by atoms with van der Waals surface area (Å²) in [7, 11) is 0. The minimum atomic E-state index is 0.625. The van der Waals surface area contributed by atoms with E-state index in [1.165, 1.54) is 6.42 Å². The van der Waals surface area contributed by atoms with Crippen molar-refractivity contribution in [3.8, 4) is 0 Å². The molecule has 7 heavy (non-hydrogen) atoms. The third-order valence-corrected chi connectivity index (χ3v) is 1.23. The maximum atomic E-state index is 3.86. The largest absolute Gasteiger partial charge is 0.307 e. The van der Waals surface area contributed by atoms with Crippen LogP contribution in [-0.4, -0.2) is 12.3 Å². The number of nitrogens with one attached hydrogen (secondary N) is 1. The van der Waals surface area contributed by atoms with Crippen LogP contribution in [0.25, 0.3) is 0 Å². The number of hydrazone groups is 1. The van der Waals surface area contributed by atoms with Crippen molar-refractivity contribution in [1.82, 2.24) is 5.43 Å². The monoisotopic (exact) mass is 98.1 g/mol. The molecular weight excluding hydrogens is 88.1 g/mol. The first-order valence-electron chi connectivity index (χ1n) is 2.70. The molecule has 1 unspecified atom stereocenters. The molecule has 40 valence electrons. The van der Waals surface area contributed by atoms with Crippen LogP contribution in [0.1, 0.15) is 19.8 Å². The zero-order chi connectivity index (χ0) is 5.11. The van der Waals surface area contributed by atoms with Crippen LogP contribution in [0.5, 0.6) is 0 Å². The SMILES string of the molecule is CCC1CC=NN1. The van der Waals surface area contributed by atoms with Gasteiger partial charge in [-0.25, -0.2) is 0 Å². The summed E-state index contributed by atoms with van der Waals surface area (Å²) in [5.74, 6) is 0. The summed E-state index contributed by atoms with van der Waals surface area (Å²) >= 11 is 0. The molecule has 0 amide bonds. The van der Waals surface area contributed by atoms with E-state index < -0.39 is 0 Å². The van der Waals surface area contributed by atoms with Gasteiger partial charge in [-0.2, -0.15) is 5.10 Å². The molecule has 0 bridgehead atoms. The Bertz CT molecular complexity index is 70.1. The highest BCUT2D eigenvalue weighted by molar-refractivity contribution is 5.59. The van der Waals surface area contributed by atoms with E-state index >= 15 is 0 Å². The summed E-state index contributed by atoms with van der Waals surface area (Å²) in [6, 6.07) is 0.625. The Morgan fingerprint density at radius 1 is 2.00 bits per heavy atom. The Hall–Kier alpha value is -0.530. The second-order valence-corrected chi connectivity index (χ2v) is 1.78. The molecule has 2 nitrogen and oxygen atoms in total. The lowest BCUT2D eigenvalue weighted by atomic mass is 10.2. The molecule has 2 heteroatoms. The zero-order valence-electron chi connectivity index (χ0n) is 4.52. The van der Waals surface area contributed by atoms with E-state index in [9.17, 15) is 0 Å². The van der Waals surface area contributed by atoms with Gasteiger partial charge in [-0.3, -0.25) is 0 Å². The van der Waals surface area contributed by atoms with Gasteiger partial charge < -0.3 is 5.43 Å². The maximum Gasteiger partial charge on any atom is 0.0487 e. The fourth-order valence-corrected chi connectivity index (χ4v) is 0.649. The quantitative estimate of drug-likeness (QED) is 0.514. The van der Waals surface area contributed by atoms with E-state index in [0.29, 0.717) is 6.04 Å². The van der Waals surface area contributed by atoms with Crippen LogP contribution in [0.2, 0.25) is 0 Å². The lowest BCUT2D eigenvalue weighted by Crippen LogP contribution is -2.16. The standard InChI is InChI=1S/C5H10N2/c1-2-5-3-4-6-7-5/h4-5,7H,2-3H2,1H3. The molecule has 0 aromatic rings. The molecule has 0 spiro atoms. The fraction of sp³-hybridized carbons (Fsp3) is 0.800. The molecule has 1 aliphatic rings. The van der Waals surface area contributed by atoms with Gasteiger partial charge in [-0.1, -0.05) is 6.92 Å². The van der Waals surface area contributed by atoms with Crippen LogP contribution >= 0.6 is 0 Å². The van der Waals surface area contributed by atoms with Crippen LogP contribution in [0.15, 0.2) is 5.10 Å². The summed E-state index contributed by atoms with van der Waals surface area (Å²) in [4.78, 5) is 0. The third-order valence-electron chi connectivity index (χ3n) is 1.23. The van der Waals surface area contributed by atoms with E-state index in [1.54, 1.807) is 0 Å². The highest BCUT2D eigenvalue weighted by Gasteiger charge is 2.04. The van der Waals surface area contributed by atoms with Crippen molar-refractivity contribution in [3.05, 3.63) is 0 Å². The smallest absolute Gasteiger partial charge is 0.0487 e. The third kappa shape index (κ3) is 0.918. The highest BCUT2D eigenvalue weighted by atomic mass is 15.3. The molecule has 0 aliphatic carbocycles. The van der Waals surface area contributed by atoms with Gasteiger partial charge in [0.05, 0.1) is 0 Å². The first-order chi connectivity index (χ1) is 3.43. The summed E-state index contributed by atoms with van der Waals surface area (Å²) < 4.78 is 0. The Morgan fingerprint density at radius 3 is 3.14 bits per heavy atom. The summed E-state index contributed by atoms with van der Waals surface area (Å²) in [5, 5.41) is 3.86. The second kappa shape index (κ2) is 1.96. The lowest BCUT2D eigenvalue weighted by molar-refractivity contribution is 0.568. The number of nitrogens with zero attached hydrogens (tertiary/aromatic N) is 1. The van der Waals surface area contributed by atoms with Crippen molar-refractivity contribution < 1.29 is 0 Å². The maximum absolute atomic E-state index is 3.86. The Labute approximate surface area is 43.6 Å². The molecule has 1 heterocycles. The normalized spacial score (nSPS) is 27.9. The Balaban J connectivity index is 2.22. The van der Waals surface area contributed by atoms with Gasteiger partial charge in [0, 0.05) is 18.7 Å². The topological polar surface area (TPSA) is 24.4 Å². The lowest BCUT2D eigenvalue weighted by Gasteiger charge is -2.01. The van der Waals surface area contributed by atoms with Crippen molar-refractivity contribution in [3.63, 3.8) is 0 Å². The Kier molecular flexibility index (Phi) is 1.29. The fourth-order valence-electron chi connectivity index (χ4n) is 0.649. The van der Waals surface area contributed by atoms with Gasteiger partial charge in [-0.15, -0.1) is 0 Å². The van der Waals surface area contributed by atoms with Crippen molar-refractivity contribution in [1.29, 1.82) is 0 Å². The van der Waals surface area contributed by atoms with E-state index in [2.05, 4.69) is 17.5 Å². The summed E-state index contributed by atoms with van der Waals surface area (Å²) in [5.41, 5.74) is 2.98. The average molecular weight is 98.1 g/mol. The van der Waals surface area contributed by atoms with Crippen LogP contribution < -0.4 is 5.43 Å². The molecule has 0 saturated carbocycles. The number of hydrogen-bond acceptors (Lipinski definition) is 2. The van der Waals surface area contributed by atoms with Crippen LogP contribution in [0, 0.1) is 0 Å². The minimum absolute atomic E-state index is 0.625. The van der Waals surface area contributed by atoms with Crippen molar-refractivity contribution >= 4 is 6.21 Å². The molecule has 1 atom stereocenters. The molecular formula is C5H10N2.